The van der Waals surface area contributed by atoms with Crippen LogP contribution in [0, 0.1) is 0 Å². The first-order valence-electron chi connectivity index (χ1n) is 3.32. The van der Waals surface area contributed by atoms with Crippen molar-refractivity contribution >= 4 is 23.5 Å². The molecule has 0 aliphatic carbocycles. The van der Waals surface area contributed by atoms with E-state index in [4.69, 9.17) is 0 Å². The largest absolute Gasteiger partial charge is 0.0979 e. The molecule has 0 spiro atoms. The fraction of sp³-hybridized carbons (Fsp3) is 0.111. The van der Waals surface area contributed by atoms with Crippen molar-refractivity contribution in [2.45, 2.75) is 6.92 Å². The van der Waals surface area contributed by atoms with E-state index in [0.29, 0.717) is 0 Å². The zero-order valence-electron chi connectivity index (χ0n) is 6.46. The Morgan fingerprint density at radius 2 is 1.91 bits per heavy atom. The van der Waals surface area contributed by atoms with Gasteiger partial charge in [0.2, 0.25) is 0 Å². The highest BCUT2D eigenvalue weighted by atomic mass is 32.2. The summed E-state index contributed by atoms with van der Waals surface area (Å²) in [6.45, 7) is 9.64. The Kier molecular flexibility index (Phi) is 3.09. The first-order chi connectivity index (χ1) is 5.27. The van der Waals surface area contributed by atoms with Crippen LogP contribution in [0.4, 0.5) is 0 Å². The molecule has 0 nitrogen and oxygen atoms in total. The monoisotopic (exact) mass is 182 g/mol. The molecule has 1 aliphatic rings. The molecule has 0 unspecified atom stereocenters. The number of rotatable bonds is 2. The lowest BCUT2D eigenvalue weighted by atomic mass is 10.4. The second kappa shape index (κ2) is 3.88. The average molecular weight is 182 g/mol. The van der Waals surface area contributed by atoms with Crippen molar-refractivity contribution in [2.24, 2.45) is 0 Å². The van der Waals surface area contributed by atoms with Gasteiger partial charge in [-0.1, -0.05) is 54.9 Å². The standard InChI is InChI=1S/C9H10S2/c1-4-6-9-8(5-2)10-7(3)11-9/h4-6H,2-3H2,1H3/b6-4-. The summed E-state index contributed by atoms with van der Waals surface area (Å²) in [6, 6.07) is 0. The first kappa shape index (κ1) is 8.75. The minimum Gasteiger partial charge on any atom is -0.0979 e. The Hall–Kier alpha value is -0.340. The molecular weight excluding hydrogens is 172 g/mol. The van der Waals surface area contributed by atoms with Gasteiger partial charge in [-0.05, 0) is 6.92 Å². The maximum Gasteiger partial charge on any atom is 0.0427 e. The Morgan fingerprint density at radius 3 is 2.45 bits per heavy atom. The van der Waals surface area contributed by atoms with Crippen LogP contribution in [0.2, 0.25) is 0 Å². The Bertz CT molecular complexity index is 246. The SMILES string of the molecule is C=CC1=C(/C=C\C)SC(=C)S1. The van der Waals surface area contributed by atoms with Crippen molar-refractivity contribution in [2.75, 3.05) is 0 Å². The van der Waals surface area contributed by atoms with E-state index in [9.17, 15) is 0 Å². The van der Waals surface area contributed by atoms with Gasteiger partial charge in [-0.3, -0.25) is 0 Å². The molecule has 1 heterocycles. The summed E-state index contributed by atoms with van der Waals surface area (Å²) in [5.74, 6) is 0. The van der Waals surface area contributed by atoms with Crippen LogP contribution >= 0.6 is 23.5 Å². The summed E-state index contributed by atoms with van der Waals surface area (Å²) < 4.78 is 1.13. The summed E-state index contributed by atoms with van der Waals surface area (Å²) >= 11 is 3.41. The topological polar surface area (TPSA) is 0 Å². The summed E-state index contributed by atoms with van der Waals surface area (Å²) in [6.07, 6.45) is 6.00. The smallest absolute Gasteiger partial charge is 0.0427 e. The molecule has 1 aliphatic heterocycles. The molecule has 0 saturated carbocycles. The summed E-state index contributed by atoms with van der Waals surface area (Å²) in [5.41, 5.74) is 0. The molecule has 0 aromatic heterocycles. The third kappa shape index (κ3) is 2.04. The summed E-state index contributed by atoms with van der Waals surface area (Å²) in [7, 11) is 0. The van der Waals surface area contributed by atoms with Gasteiger partial charge in [-0.2, -0.15) is 0 Å². The Labute approximate surface area is 76.1 Å². The molecule has 1 rings (SSSR count). The summed E-state index contributed by atoms with van der Waals surface area (Å²) in [4.78, 5) is 2.48. The van der Waals surface area contributed by atoms with Crippen LogP contribution in [0.1, 0.15) is 6.92 Å². The van der Waals surface area contributed by atoms with E-state index in [1.54, 1.807) is 23.5 Å². The molecule has 11 heavy (non-hydrogen) atoms. The maximum atomic E-state index is 3.89. The van der Waals surface area contributed by atoms with E-state index in [1.807, 2.05) is 19.1 Å². The van der Waals surface area contributed by atoms with Gasteiger partial charge in [0.25, 0.3) is 0 Å². The molecule has 0 amide bonds. The molecule has 0 fully saturated rings. The average Bonchev–Trinajstić information content (AvgIpc) is 2.32. The molecule has 0 bridgehead atoms. The van der Waals surface area contributed by atoms with Crippen molar-refractivity contribution in [3.8, 4) is 0 Å². The van der Waals surface area contributed by atoms with Crippen molar-refractivity contribution in [3.05, 3.63) is 45.4 Å². The summed E-state index contributed by atoms with van der Waals surface area (Å²) in [5, 5.41) is 0. The lowest BCUT2D eigenvalue weighted by molar-refractivity contribution is 1.71. The zero-order chi connectivity index (χ0) is 8.27. The lowest BCUT2D eigenvalue weighted by Crippen LogP contribution is -1.66. The zero-order valence-corrected chi connectivity index (χ0v) is 8.10. The van der Waals surface area contributed by atoms with Crippen LogP contribution in [0.5, 0.6) is 0 Å². The van der Waals surface area contributed by atoms with Gasteiger partial charge < -0.3 is 0 Å². The van der Waals surface area contributed by atoms with Crippen LogP contribution in [0.3, 0.4) is 0 Å². The molecule has 58 valence electrons. The van der Waals surface area contributed by atoms with Crippen molar-refractivity contribution < 1.29 is 0 Å². The van der Waals surface area contributed by atoms with Crippen LogP contribution in [-0.4, -0.2) is 0 Å². The highest BCUT2D eigenvalue weighted by Gasteiger charge is 2.14. The molecule has 2 heteroatoms. The molecule has 0 radical (unpaired) electrons. The second-order valence-electron chi connectivity index (χ2n) is 2.01. The Morgan fingerprint density at radius 1 is 1.27 bits per heavy atom. The van der Waals surface area contributed by atoms with Crippen molar-refractivity contribution in [1.82, 2.24) is 0 Å². The van der Waals surface area contributed by atoms with E-state index in [1.165, 1.54) is 9.81 Å². The third-order valence-corrected chi connectivity index (χ3v) is 3.46. The second-order valence-corrected chi connectivity index (χ2v) is 4.54. The minimum absolute atomic E-state index is 1.13. The lowest BCUT2D eigenvalue weighted by Gasteiger charge is -1.90. The van der Waals surface area contributed by atoms with E-state index >= 15 is 0 Å². The molecule has 0 aromatic rings. The Balaban J connectivity index is 2.87. The number of thioether (sulfide) groups is 2. The quantitative estimate of drug-likeness (QED) is 0.635. The van der Waals surface area contributed by atoms with Gasteiger partial charge in [0.15, 0.2) is 0 Å². The van der Waals surface area contributed by atoms with Crippen LogP contribution in [-0.2, 0) is 0 Å². The van der Waals surface area contributed by atoms with E-state index < -0.39 is 0 Å². The molecule has 0 saturated heterocycles. The van der Waals surface area contributed by atoms with Crippen LogP contribution < -0.4 is 0 Å². The third-order valence-electron chi connectivity index (χ3n) is 1.19. The molecule has 0 aromatic carbocycles. The van der Waals surface area contributed by atoms with E-state index in [-0.39, 0.29) is 0 Å². The first-order valence-corrected chi connectivity index (χ1v) is 4.95. The van der Waals surface area contributed by atoms with Crippen molar-refractivity contribution in [1.29, 1.82) is 0 Å². The van der Waals surface area contributed by atoms with Gasteiger partial charge >= 0.3 is 0 Å². The van der Waals surface area contributed by atoms with Gasteiger partial charge in [0, 0.05) is 14.0 Å². The number of hydrogen-bond acceptors (Lipinski definition) is 2. The fourth-order valence-electron chi connectivity index (χ4n) is 0.776. The van der Waals surface area contributed by atoms with Gasteiger partial charge in [-0.15, -0.1) is 0 Å². The minimum atomic E-state index is 1.13. The van der Waals surface area contributed by atoms with Crippen LogP contribution in [0.25, 0.3) is 0 Å². The molecule has 0 N–H and O–H groups in total. The molecular formula is C9H10S2. The highest BCUT2D eigenvalue weighted by molar-refractivity contribution is 8.28. The van der Waals surface area contributed by atoms with Gasteiger partial charge in [0.1, 0.15) is 0 Å². The fourth-order valence-corrected chi connectivity index (χ4v) is 2.86. The van der Waals surface area contributed by atoms with Crippen molar-refractivity contribution in [3.63, 3.8) is 0 Å². The van der Waals surface area contributed by atoms with Crippen LogP contribution in [0.15, 0.2) is 45.4 Å². The van der Waals surface area contributed by atoms with Gasteiger partial charge in [0.05, 0.1) is 0 Å². The normalized spacial score (nSPS) is 18.5. The number of allylic oxidation sites excluding steroid dienone is 3. The van der Waals surface area contributed by atoms with E-state index in [0.717, 1.165) is 4.24 Å². The number of hydrogen-bond donors (Lipinski definition) is 0. The predicted molar refractivity (Wildman–Crippen MR) is 56.4 cm³/mol. The van der Waals surface area contributed by atoms with Gasteiger partial charge in [-0.25, -0.2) is 0 Å². The highest BCUT2D eigenvalue weighted by Crippen LogP contribution is 2.48. The maximum absolute atomic E-state index is 3.89. The molecule has 0 atom stereocenters. The van der Waals surface area contributed by atoms with E-state index in [2.05, 4.69) is 19.2 Å². The predicted octanol–water partition coefficient (Wildman–Crippen LogP) is 3.91.